The predicted octanol–water partition coefficient (Wildman–Crippen LogP) is 14.9. The molecule has 0 spiro atoms. The Kier molecular flexibility index (Phi) is 8.55. The number of rotatable bonds is 8. The molecule has 2 nitrogen and oxygen atoms in total. The second kappa shape index (κ2) is 14.4. The molecule has 0 amide bonds. The molecule has 0 aliphatic heterocycles. The summed E-state index contributed by atoms with van der Waals surface area (Å²) < 4.78 is 2.45. The minimum absolute atomic E-state index is 1.09. The fourth-order valence-corrected chi connectivity index (χ4v) is 8.20. The zero-order valence-corrected chi connectivity index (χ0v) is 30.8. The molecule has 2 heteroatoms. The van der Waals surface area contributed by atoms with E-state index in [9.17, 15) is 0 Å². The van der Waals surface area contributed by atoms with E-state index in [-0.39, 0.29) is 0 Å². The molecule has 10 aromatic rings. The Morgan fingerprint density at radius 2 is 0.732 bits per heavy atom. The number of aromatic nitrogens is 1. The van der Waals surface area contributed by atoms with Crippen molar-refractivity contribution in [3.63, 3.8) is 0 Å². The molecule has 9 aromatic carbocycles. The van der Waals surface area contributed by atoms with Crippen LogP contribution in [-0.4, -0.2) is 4.57 Å². The number of fused-ring (bicyclic) bond motifs is 3. The van der Waals surface area contributed by atoms with E-state index < -0.39 is 0 Å². The van der Waals surface area contributed by atoms with Crippen LogP contribution < -0.4 is 4.90 Å². The highest BCUT2D eigenvalue weighted by Gasteiger charge is 2.23. The zero-order chi connectivity index (χ0) is 37.3. The van der Waals surface area contributed by atoms with Crippen LogP contribution in [0.1, 0.15) is 0 Å². The first-order chi connectivity index (χ1) is 27.8. The molecule has 10 rings (SSSR count). The Hall–Kier alpha value is -7.42. The standard InChI is InChI=1S/C54H38N2/c1-4-17-39(18-5-1)41-31-33-44(34-32-41)47-24-11-14-27-50(47)56-51-28-15-12-25-48(51)54-52(29-16-30-53(54)56)55(45-37-35-42(36-38-45)40-19-6-2-7-20-40)49-26-13-10-23-46(49)43-21-8-3-9-22-43/h1-38H. The van der Waals surface area contributed by atoms with Gasteiger partial charge in [-0.1, -0.05) is 188 Å². The summed E-state index contributed by atoms with van der Waals surface area (Å²) in [6.45, 7) is 0. The van der Waals surface area contributed by atoms with E-state index in [1.54, 1.807) is 0 Å². The summed E-state index contributed by atoms with van der Waals surface area (Å²) in [7, 11) is 0. The summed E-state index contributed by atoms with van der Waals surface area (Å²) in [5.41, 5.74) is 16.3. The van der Waals surface area contributed by atoms with Crippen molar-refractivity contribution in [2.75, 3.05) is 4.90 Å². The van der Waals surface area contributed by atoms with Gasteiger partial charge in [0.1, 0.15) is 0 Å². The lowest BCUT2D eigenvalue weighted by atomic mass is 9.99. The average Bonchev–Trinajstić information content (AvgIpc) is 3.63. The first kappa shape index (κ1) is 33.2. The Balaban J connectivity index is 1.19. The molecule has 0 aliphatic rings. The topological polar surface area (TPSA) is 8.17 Å². The Bertz CT molecular complexity index is 2930. The molecule has 0 saturated heterocycles. The smallest absolute Gasteiger partial charge is 0.0562 e. The summed E-state index contributed by atoms with van der Waals surface area (Å²) >= 11 is 0. The molecule has 0 fully saturated rings. The number of para-hydroxylation sites is 3. The minimum atomic E-state index is 1.09. The number of hydrogen-bond donors (Lipinski definition) is 0. The van der Waals surface area contributed by atoms with E-state index >= 15 is 0 Å². The summed E-state index contributed by atoms with van der Waals surface area (Å²) in [5.74, 6) is 0. The molecule has 0 N–H and O–H groups in total. The van der Waals surface area contributed by atoms with E-state index in [1.165, 1.54) is 60.8 Å². The lowest BCUT2D eigenvalue weighted by Gasteiger charge is -2.29. The van der Waals surface area contributed by atoms with Crippen LogP contribution >= 0.6 is 0 Å². The molecule has 0 saturated carbocycles. The van der Waals surface area contributed by atoms with Gasteiger partial charge in [0.05, 0.1) is 28.1 Å². The highest BCUT2D eigenvalue weighted by molar-refractivity contribution is 6.17. The molecule has 0 atom stereocenters. The van der Waals surface area contributed by atoms with Crippen molar-refractivity contribution in [2.24, 2.45) is 0 Å². The first-order valence-corrected chi connectivity index (χ1v) is 19.2. The van der Waals surface area contributed by atoms with Gasteiger partial charge >= 0.3 is 0 Å². The zero-order valence-electron chi connectivity index (χ0n) is 30.8. The molecule has 0 radical (unpaired) electrons. The van der Waals surface area contributed by atoms with E-state index in [0.717, 1.165) is 28.3 Å². The van der Waals surface area contributed by atoms with Gasteiger partial charge in [0.15, 0.2) is 0 Å². The van der Waals surface area contributed by atoms with Crippen LogP contribution in [0.15, 0.2) is 231 Å². The van der Waals surface area contributed by atoms with Gasteiger partial charge in [0, 0.05) is 27.6 Å². The van der Waals surface area contributed by atoms with Gasteiger partial charge in [-0.2, -0.15) is 0 Å². The number of anilines is 3. The van der Waals surface area contributed by atoms with Crippen molar-refractivity contribution in [3.05, 3.63) is 231 Å². The van der Waals surface area contributed by atoms with Crippen LogP contribution in [0, 0.1) is 0 Å². The third kappa shape index (κ3) is 5.95. The maximum atomic E-state index is 2.45. The van der Waals surface area contributed by atoms with Gasteiger partial charge in [0.25, 0.3) is 0 Å². The van der Waals surface area contributed by atoms with E-state index in [1.807, 2.05) is 0 Å². The maximum absolute atomic E-state index is 2.45. The van der Waals surface area contributed by atoms with Crippen molar-refractivity contribution in [1.29, 1.82) is 0 Å². The highest BCUT2D eigenvalue weighted by atomic mass is 15.2. The van der Waals surface area contributed by atoms with E-state index in [2.05, 4.69) is 240 Å². The maximum Gasteiger partial charge on any atom is 0.0562 e. The first-order valence-electron chi connectivity index (χ1n) is 19.2. The summed E-state index contributed by atoms with van der Waals surface area (Å²) in [5, 5.41) is 2.41. The second-order valence-electron chi connectivity index (χ2n) is 14.1. The van der Waals surface area contributed by atoms with Crippen LogP contribution in [0.4, 0.5) is 17.1 Å². The van der Waals surface area contributed by atoms with Crippen molar-refractivity contribution in [1.82, 2.24) is 4.57 Å². The summed E-state index contributed by atoms with van der Waals surface area (Å²) in [6.07, 6.45) is 0. The van der Waals surface area contributed by atoms with Gasteiger partial charge in [-0.3, -0.25) is 0 Å². The van der Waals surface area contributed by atoms with Gasteiger partial charge in [0.2, 0.25) is 0 Å². The van der Waals surface area contributed by atoms with E-state index in [4.69, 9.17) is 0 Å². The Morgan fingerprint density at radius 3 is 1.41 bits per heavy atom. The van der Waals surface area contributed by atoms with Crippen molar-refractivity contribution >= 4 is 38.9 Å². The van der Waals surface area contributed by atoms with E-state index in [0.29, 0.717) is 0 Å². The van der Waals surface area contributed by atoms with Gasteiger partial charge in [-0.25, -0.2) is 0 Å². The largest absolute Gasteiger partial charge is 0.309 e. The summed E-state index contributed by atoms with van der Waals surface area (Å²) in [6, 6.07) is 83.0. The Morgan fingerprint density at radius 1 is 0.286 bits per heavy atom. The molecule has 1 aromatic heterocycles. The molecular weight excluding hydrogens is 677 g/mol. The molecule has 0 bridgehead atoms. The van der Waals surface area contributed by atoms with Gasteiger partial charge < -0.3 is 9.47 Å². The third-order valence-electron chi connectivity index (χ3n) is 10.8. The van der Waals surface area contributed by atoms with Crippen LogP contribution in [0.5, 0.6) is 0 Å². The highest BCUT2D eigenvalue weighted by Crippen LogP contribution is 2.47. The quantitative estimate of drug-likeness (QED) is 0.152. The number of hydrogen-bond acceptors (Lipinski definition) is 1. The Labute approximate surface area is 327 Å². The summed E-state index contributed by atoms with van der Waals surface area (Å²) in [4.78, 5) is 2.45. The number of nitrogens with zero attached hydrogens (tertiary/aromatic N) is 2. The lowest BCUT2D eigenvalue weighted by molar-refractivity contribution is 1.18. The monoisotopic (exact) mass is 714 g/mol. The molecule has 264 valence electrons. The SMILES string of the molecule is c1ccc(-c2ccc(-c3ccccc3-n3c4ccccc4c4c(N(c5ccc(-c6ccccc6)cc5)c5ccccc5-c5ccccc5)cccc43)cc2)cc1. The fourth-order valence-electron chi connectivity index (χ4n) is 8.20. The molecule has 0 aliphatic carbocycles. The van der Waals surface area contributed by atoms with Crippen molar-refractivity contribution in [2.45, 2.75) is 0 Å². The third-order valence-corrected chi connectivity index (χ3v) is 10.8. The second-order valence-corrected chi connectivity index (χ2v) is 14.1. The lowest BCUT2D eigenvalue weighted by Crippen LogP contribution is -2.11. The van der Waals surface area contributed by atoms with Crippen LogP contribution in [-0.2, 0) is 0 Å². The van der Waals surface area contributed by atoms with Crippen LogP contribution in [0.2, 0.25) is 0 Å². The van der Waals surface area contributed by atoms with Crippen LogP contribution in [0.3, 0.4) is 0 Å². The minimum Gasteiger partial charge on any atom is -0.309 e. The molecule has 1 heterocycles. The molecular formula is C54H38N2. The number of benzene rings is 9. The predicted molar refractivity (Wildman–Crippen MR) is 237 cm³/mol. The molecule has 0 unspecified atom stereocenters. The van der Waals surface area contributed by atoms with Crippen LogP contribution in [0.25, 0.3) is 72.0 Å². The average molecular weight is 715 g/mol. The van der Waals surface area contributed by atoms with Gasteiger partial charge in [-0.05, 0) is 75.8 Å². The fraction of sp³-hybridized carbons (Fsp3) is 0. The molecule has 56 heavy (non-hydrogen) atoms. The van der Waals surface area contributed by atoms with Gasteiger partial charge in [-0.15, -0.1) is 0 Å². The van der Waals surface area contributed by atoms with Crippen molar-refractivity contribution < 1.29 is 0 Å². The van der Waals surface area contributed by atoms with Crippen molar-refractivity contribution in [3.8, 4) is 50.2 Å². The normalized spacial score (nSPS) is 11.2.